The Hall–Kier alpha value is -3.10. The van der Waals surface area contributed by atoms with Crippen molar-refractivity contribution in [1.29, 1.82) is 5.26 Å². The van der Waals surface area contributed by atoms with Crippen LogP contribution in [0, 0.1) is 11.3 Å². The lowest BCUT2D eigenvalue weighted by Gasteiger charge is -2.06. The molecule has 2 N–H and O–H groups in total. The summed E-state index contributed by atoms with van der Waals surface area (Å²) in [6.07, 6.45) is 2.95. The lowest BCUT2D eigenvalue weighted by molar-refractivity contribution is -0.117. The van der Waals surface area contributed by atoms with Crippen LogP contribution in [0.25, 0.3) is 6.08 Å². The standard InChI is InChI=1S/C19H16ClN3O2/c20-16-3-1-2-14(12-16)6-9-18(24)22-13-15-4-7-17(8-5-15)23-19(25)10-11-21/h1-9,12H,10,13H2,(H,22,24)(H,23,25)/b9-6+. The third-order valence-electron chi connectivity index (χ3n) is 3.22. The van der Waals surface area contributed by atoms with E-state index in [4.69, 9.17) is 16.9 Å². The number of halogens is 1. The van der Waals surface area contributed by atoms with Crippen molar-refractivity contribution in [3.63, 3.8) is 0 Å². The van der Waals surface area contributed by atoms with E-state index in [9.17, 15) is 9.59 Å². The number of carbonyl (C=O) groups excluding carboxylic acids is 2. The molecule has 5 nitrogen and oxygen atoms in total. The van der Waals surface area contributed by atoms with E-state index >= 15 is 0 Å². The predicted octanol–water partition coefficient (Wildman–Crippen LogP) is 3.52. The Balaban J connectivity index is 1.83. The number of rotatable bonds is 6. The molecule has 2 rings (SSSR count). The number of nitriles is 1. The Kier molecular flexibility index (Phi) is 6.76. The molecule has 2 aromatic carbocycles. The van der Waals surface area contributed by atoms with Crippen LogP contribution in [0.5, 0.6) is 0 Å². The topological polar surface area (TPSA) is 82.0 Å². The zero-order valence-corrected chi connectivity index (χ0v) is 14.1. The lowest BCUT2D eigenvalue weighted by atomic mass is 10.2. The van der Waals surface area contributed by atoms with Gasteiger partial charge in [-0.05, 0) is 41.5 Å². The number of hydrogen-bond acceptors (Lipinski definition) is 3. The number of nitrogens with zero attached hydrogens (tertiary/aromatic N) is 1. The van der Waals surface area contributed by atoms with Gasteiger partial charge in [0.15, 0.2) is 0 Å². The van der Waals surface area contributed by atoms with Gasteiger partial charge in [-0.1, -0.05) is 35.9 Å². The second kappa shape index (κ2) is 9.26. The van der Waals surface area contributed by atoms with Gasteiger partial charge < -0.3 is 10.6 Å². The molecule has 0 aliphatic carbocycles. The molecule has 0 aliphatic heterocycles. The molecule has 0 spiro atoms. The normalized spacial score (nSPS) is 10.2. The van der Waals surface area contributed by atoms with Crippen molar-refractivity contribution in [2.24, 2.45) is 0 Å². The summed E-state index contributed by atoms with van der Waals surface area (Å²) in [5.74, 6) is -0.568. The molecule has 6 heteroatoms. The van der Waals surface area contributed by atoms with Gasteiger partial charge in [0.2, 0.25) is 11.8 Å². The van der Waals surface area contributed by atoms with Crippen LogP contribution in [0.2, 0.25) is 5.02 Å². The summed E-state index contributed by atoms with van der Waals surface area (Å²) in [6, 6.07) is 16.0. The first kappa shape index (κ1) is 18.2. The number of carbonyl (C=O) groups is 2. The number of hydrogen-bond donors (Lipinski definition) is 2. The summed E-state index contributed by atoms with van der Waals surface area (Å²) in [6.45, 7) is 0.366. The van der Waals surface area contributed by atoms with Gasteiger partial charge in [0.25, 0.3) is 0 Å². The highest BCUT2D eigenvalue weighted by atomic mass is 35.5. The van der Waals surface area contributed by atoms with Gasteiger partial charge in [0, 0.05) is 23.3 Å². The van der Waals surface area contributed by atoms with Gasteiger partial charge in [-0.3, -0.25) is 9.59 Å². The minimum atomic E-state index is -0.352. The number of nitrogens with one attached hydrogen (secondary N) is 2. The molecule has 0 aromatic heterocycles. The van der Waals surface area contributed by atoms with Gasteiger partial charge in [-0.2, -0.15) is 5.26 Å². The van der Waals surface area contributed by atoms with E-state index in [1.54, 1.807) is 48.5 Å². The van der Waals surface area contributed by atoms with Crippen LogP contribution in [0.3, 0.4) is 0 Å². The monoisotopic (exact) mass is 353 g/mol. The van der Waals surface area contributed by atoms with Gasteiger partial charge in [-0.25, -0.2) is 0 Å². The quantitative estimate of drug-likeness (QED) is 0.779. The van der Waals surface area contributed by atoms with E-state index in [0.717, 1.165) is 11.1 Å². The van der Waals surface area contributed by atoms with Crippen LogP contribution in [-0.4, -0.2) is 11.8 Å². The average Bonchev–Trinajstić information content (AvgIpc) is 2.59. The first-order valence-corrected chi connectivity index (χ1v) is 7.92. The largest absolute Gasteiger partial charge is 0.348 e. The highest BCUT2D eigenvalue weighted by Gasteiger charge is 2.02. The number of amides is 2. The fourth-order valence-electron chi connectivity index (χ4n) is 2.01. The molecule has 0 aliphatic rings. The van der Waals surface area contributed by atoms with Crippen LogP contribution in [0.4, 0.5) is 5.69 Å². The average molecular weight is 354 g/mol. The van der Waals surface area contributed by atoms with Crippen LogP contribution in [0.1, 0.15) is 17.5 Å². The Labute approximate surface area is 150 Å². The predicted molar refractivity (Wildman–Crippen MR) is 97.6 cm³/mol. The summed E-state index contributed by atoms with van der Waals surface area (Å²) < 4.78 is 0. The molecule has 25 heavy (non-hydrogen) atoms. The summed E-state index contributed by atoms with van der Waals surface area (Å²) in [5, 5.41) is 14.4. The molecule has 0 heterocycles. The van der Waals surface area contributed by atoms with Gasteiger partial charge in [0.05, 0.1) is 6.07 Å². The fraction of sp³-hybridized carbons (Fsp3) is 0.105. The SMILES string of the molecule is N#CCC(=O)Nc1ccc(CNC(=O)/C=C/c2cccc(Cl)c2)cc1. The summed E-state index contributed by atoms with van der Waals surface area (Å²) in [7, 11) is 0. The first-order chi connectivity index (χ1) is 12.1. The third kappa shape index (κ3) is 6.50. The number of benzene rings is 2. The van der Waals surface area contributed by atoms with Crippen molar-refractivity contribution in [2.45, 2.75) is 13.0 Å². The molecule has 0 bridgehead atoms. The number of anilines is 1. The smallest absolute Gasteiger partial charge is 0.244 e. The summed E-state index contributed by atoms with van der Waals surface area (Å²) in [5.41, 5.74) is 2.35. The van der Waals surface area contributed by atoms with Crippen molar-refractivity contribution in [3.05, 3.63) is 70.8 Å². The van der Waals surface area contributed by atoms with Crippen LogP contribution >= 0.6 is 11.6 Å². The maximum Gasteiger partial charge on any atom is 0.244 e. The van der Waals surface area contributed by atoms with Crippen molar-refractivity contribution in [1.82, 2.24) is 5.32 Å². The molecular weight excluding hydrogens is 338 g/mol. The molecule has 0 fully saturated rings. The van der Waals surface area contributed by atoms with Crippen molar-refractivity contribution in [2.75, 3.05) is 5.32 Å². The van der Waals surface area contributed by atoms with Gasteiger partial charge in [0.1, 0.15) is 6.42 Å². The van der Waals surface area contributed by atoms with E-state index in [1.165, 1.54) is 6.08 Å². The van der Waals surface area contributed by atoms with Crippen molar-refractivity contribution >= 4 is 35.2 Å². The minimum absolute atomic E-state index is 0.184. The maximum atomic E-state index is 11.8. The van der Waals surface area contributed by atoms with Gasteiger partial charge in [-0.15, -0.1) is 0 Å². The van der Waals surface area contributed by atoms with Crippen LogP contribution in [0.15, 0.2) is 54.6 Å². The Morgan fingerprint density at radius 3 is 2.60 bits per heavy atom. The minimum Gasteiger partial charge on any atom is -0.348 e. The zero-order valence-electron chi connectivity index (χ0n) is 13.3. The van der Waals surface area contributed by atoms with Crippen molar-refractivity contribution in [3.8, 4) is 6.07 Å². The highest BCUT2D eigenvalue weighted by Crippen LogP contribution is 2.12. The second-order valence-corrected chi connectivity index (χ2v) is 5.62. The molecular formula is C19H16ClN3O2. The van der Waals surface area contributed by atoms with E-state index < -0.39 is 0 Å². The molecule has 2 amide bonds. The molecule has 0 unspecified atom stereocenters. The van der Waals surface area contributed by atoms with Crippen LogP contribution < -0.4 is 10.6 Å². The Bertz CT molecular complexity index is 823. The summed E-state index contributed by atoms with van der Waals surface area (Å²) >= 11 is 5.89. The van der Waals surface area contributed by atoms with E-state index in [-0.39, 0.29) is 18.2 Å². The first-order valence-electron chi connectivity index (χ1n) is 7.54. The van der Waals surface area contributed by atoms with E-state index in [1.807, 2.05) is 12.1 Å². The zero-order chi connectivity index (χ0) is 18.1. The molecule has 2 aromatic rings. The third-order valence-corrected chi connectivity index (χ3v) is 3.45. The highest BCUT2D eigenvalue weighted by molar-refractivity contribution is 6.30. The second-order valence-electron chi connectivity index (χ2n) is 5.19. The van der Waals surface area contributed by atoms with Gasteiger partial charge >= 0.3 is 0 Å². The Morgan fingerprint density at radius 1 is 1.16 bits per heavy atom. The summed E-state index contributed by atoms with van der Waals surface area (Å²) in [4.78, 5) is 23.2. The Morgan fingerprint density at radius 2 is 1.92 bits per heavy atom. The molecule has 0 radical (unpaired) electrons. The molecule has 0 saturated heterocycles. The maximum absolute atomic E-state index is 11.8. The molecule has 126 valence electrons. The van der Waals surface area contributed by atoms with E-state index in [2.05, 4.69) is 10.6 Å². The van der Waals surface area contributed by atoms with Crippen LogP contribution in [-0.2, 0) is 16.1 Å². The van der Waals surface area contributed by atoms with Crippen molar-refractivity contribution < 1.29 is 9.59 Å². The van der Waals surface area contributed by atoms with E-state index in [0.29, 0.717) is 17.3 Å². The molecule has 0 atom stereocenters. The molecule has 0 saturated carbocycles. The fourth-order valence-corrected chi connectivity index (χ4v) is 2.21. The lowest BCUT2D eigenvalue weighted by Crippen LogP contribution is -2.20.